The number of hydrogen-bond acceptors (Lipinski definition) is 7. The van der Waals surface area contributed by atoms with Gasteiger partial charge in [-0.05, 0) is 61.6 Å². The van der Waals surface area contributed by atoms with Crippen LogP contribution in [0, 0.1) is 0 Å². The van der Waals surface area contributed by atoms with Gasteiger partial charge in [0.25, 0.3) is 0 Å². The number of sulfone groups is 1. The topological polar surface area (TPSA) is 83.4 Å². The first-order valence-electron chi connectivity index (χ1n) is 10.8. The van der Waals surface area contributed by atoms with Crippen molar-refractivity contribution in [2.75, 3.05) is 49.7 Å². The highest BCUT2D eigenvalue weighted by molar-refractivity contribution is 7.90. The van der Waals surface area contributed by atoms with Crippen LogP contribution in [-0.4, -0.2) is 67.3 Å². The summed E-state index contributed by atoms with van der Waals surface area (Å²) in [7, 11) is -1.08. The van der Waals surface area contributed by atoms with Crippen molar-refractivity contribution >= 4 is 38.2 Å². The fraction of sp³-hybridized carbons (Fsp3) is 0.250. The lowest BCUT2D eigenvalue weighted by Crippen LogP contribution is -2.44. The number of aromatic nitrogens is 3. The average Bonchev–Trinajstić information content (AvgIpc) is 3.23. The second-order valence-electron chi connectivity index (χ2n) is 8.39. The number of likely N-dealkylation sites (N-methyl/N-ethyl adjacent to an activating group) is 1. The first-order valence-corrected chi connectivity index (χ1v) is 12.7. The van der Waals surface area contributed by atoms with Gasteiger partial charge in [0.15, 0.2) is 9.84 Å². The largest absolute Gasteiger partial charge is 0.369 e. The third-order valence-electron chi connectivity index (χ3n) is 5.96. The molecule has 0 amide bonds. The minimum Gasteiger partial charge on any atom is -0.369 e. The van der Waals surface area contributed by atoms with Crippen molar-refractivity contribution < 1.29 is 8.42 Å². The van der Waals surface area contributed by atoms with Gasteiger partial charge in [0.05, 0.1) is 4.90 Å². The highest BCUT2D eigenvalue weighted by Crippen LogP contribution is 2.24. The fourth-order valence-corrected chi connectivity index (χ4v) is 4.62. The smallest absolute Gasteiger partial charge is 0.229 e. The van der Waals surface area contributed by atoms with Crippen molar-refractivity contribution in [3.8, 4) is 5.69 Å². The zero-order valence-electron chi connectivity index (χ0n) is 18.6. The maximum Gasteiger partial charge on any atom is 0.229 e. The Balaban J connectivity index is 1.36. The molecule has 1 saturated heterocycles. The molecule has 1 aliphatic heterocycles. The summed E-state index contributed by atoms with van der Waals surface area (Å²) in [5, 5.41) is 4.19. The summed E-state index contributed by atoms with van der Waals surface area (Å²) < 4.78 is 25.4. The van der Waals surface area contributed by atoms with Crippen LogP contribution in [-0.2, 0) is 9.84 Å². The molecule has 0 bridgehead atoms. The van der Waals surface area contributed by atoms with Crippen LogP contribution >= 0.6 is 0 Å². The quantitative estimate of drug-likeness (QED) is 0.487. The Morgan fingerprint density at radius 2 is 1.55 bits per heavy atom. The molecule has 0 radical (unpaired) electrons. The molecule has 1 fully saturated rings. The summed E-state index contributed by atoms with van der Waals surface area (Å²) in [4.78, 5) is 14.2. The molecular weight excluding hydrogens is 436 g/mol. The molecule has 0 saturated carbocycles. The Kier molecular flexibility index (Phi) is 5.51. The van der Waals surface area contributed by atoms with Crippen molar-refractivity contribution in [1.82, 2.24) is 19.4 Å². The average molecular weight is 463 g/mol. The normalized spacial score (nSPS) is 15.2. The maximum absolute atomic E-state index is 11.7. The van der Waals surface area contributed by atoms with E-state index in [2.05, 4.69) is 39.3 Å². The van der Waals surface area contributed by atoms with Crippen LogP contribution in [0.15, 0.2) is 71.9 Å². The van der Waals surface area contributed by atoms with E-state index in [0.29, 0.717) is 10.8 Å². The SMILES string of the molecule is CN1CCN(c2ccc(Nc3ncc4ccn(-c5ccc(S(C)(=O)=O)cc5)c4n3)cc2)CC1. The van der Waals surface area contributed by atoms with E-state index >= 15 is 0 Å². The lowest BCUT2D eigenvalue weighted by atomic mass is 10.2. The molecule has 5 rings (SSSR count). The van der Waals surface area contributed by atoms with E-state index in [4.69, 9.17) is 4.98 Å². The molecule has 1 aliphatic rings. The van der Waals surface area contributed by atoms with E-state index in [1.165, 1.54) is 11.9 Å². The molecular formula is C24H26N6O2S. The Labute approximate surface area is 193 Å². The van der Waals surface area contributed by atoms with Gasteiger partial charge >= 0.3 is 0 Å². The number of hydrogen-bond donors (Lipinski definition) is 1. The highest BCUT2D eigenvalue weighted by Gasteiger charge is 2.14. The molecule has 2 aromatic heterocycles. The molecule has 2 aromatic carbocycles. The Hall–Kier alpha value is -3.43. The standard InChI is InChI=1S/C24H26N6O2S/c1-28-13-15-29(16-14-28)20-5-3-19(4-6-20)26-24-25-17-18-11-12-30(23(18)27-24)21-7-9-22(10-8-21)33(2,31)32/h3-12,17H,13-16H2,1-2H3,(H,25,26,27). The monoisotopic (exact) mass is 462 g/mol. The van der Waals surface area contributed by atoms with E-state index in [9.17, 15) is 8.42 Å². The molecule has 3 heterocycles. The molecule has 0 atom stereocenters. The van der Waals surface area contributed by atoms with Gasteiger partial charge in [-0.1, -0.05) is 0 Å². The van der Waals surface area contributed by atoms with Crippen LogP contribution in [0.4, 0.5) is 17.3 Å². The molecule has 0 aliphatic carbocycles. The van der Waals surface area contributed by atoms with Gasteiger partial charge < -0.3 is 19.7 Å². The molecule has 170 valence electrons. The summed E-state index contributed by atoms with van der Waals surface area (Å²) in [6.07, 6.45) is 4.89. The molecule has 4 aromatic rings. The Bertz CT molecular complexity index is 1370. The van der Waals surface area contributed by atoms with Gasteiger partial charge in [-0.25, -0.2) is 13.4 Å². The van der Waals surface area contributed by atoms with Gasteiger partial charge in [0, 0.05) is 67.3 Å². The predicted octanol–water partition coefficient (Wildman–Crippen LogP) is 3.32. The number of benzene rings is 2. The zero-order valence-corrected chi connectivity index (χ0v) is 19.5. The number of fused-ring (bicyclic) bond motifs is 1. The van der Waals surface area contributed by atoms with Gasteiger partial charge in [0.2, 0.25) is 5.95 Å². The molecule has 1 N–H and O–H groups in total. The number of rotatable bonds is 5. The van der Waals surface area contributed by atoms with E-state index < -0.39 is 9.84 Å². The van der Waals surface area contributed by atoms with Crippen molar-refractivity contribution in [3.63, 3.8) is 0 Å². The molecule has 9 heteroatoms. The van der Waals surface area contributed by atoms with Gasteiger partial charge in [-0.2, -0.15) is 4.98 Å². The second kappa shape index (κ2) is 8.49. The molecule has 0 unspecified atom stereocenters. The van der Waals surface area contributed by atoms with E-state index in [-0.39, 0.29) is 0 Å². The molecule has 8 nitrogen and oxygen atoms in total. The van der Waals surface area contributed by atoms with E-state index in [0.717, 1.165) is 48.6 Å². The molecule has 33 heavy (non-hydrogen) atoms. The number of nitrogens with one attached hydrogen (secondary N) is 1. The van der Waals surface area contributed by atoms with Gasteiger partial charge in [-0.3, -0.25) is 0 Å². The third kappa shape index (κ3) is 4.55. The van der Waals surface area contributed by atoms with Crippen LogP contribution in [0.3, 0.4) is 0 Å². The summed E-state index contributed by atoms with van der Waals surface area (Å²) in [5.41, 5.74) is 3.71. The van der Waals surface area contributed by atoms with Crippen LogP contribution in [0.25, 0.3) is 16.7 Å². The first kappa shape index (κ1) is 21.4. The Morgan fingerprint density at radius 3 is 2.21 bits per heavy atom. The lowest BCUT2D eigenvalue weighted by molar-refractivity contribution is 0.313. The van der Waals surface area contributed by atoms with Crippen LogP contribution in [0.1, 0.15) is 0 Å². The van der Waals surface area contributed by atoms with Gasteiger partial charge in [0.1, 0.15) is 5.65 Å². The number of nitrogens with zero attached hydrogens (tertiary/aromatic N) is 5. The highest BCUT2D eigenvalue weighted by atomic mass is 32.2. The minimum absolute atomic E-state index is 0.291. The van der Waals surface area contributed by atoms with Crippen molar-refractivity contribution in [2.24, 2.45) is 0 Å². The van der Waals surface area contributed by atoms with Crippen LogP contribution in [0.5, 0.6) is 0 Å². The van der Waals surface area contributed by atoms with Crippen LogP contribution in [0.2, 0.25) is 0 Å². The minimum atomic E-state index is -3.24. The van der Waals surface area contributed by atoms with Gasteiger partial charge in [-0.15, -0.1) is 0 Å². The van der Waals surface area contributed by atoms with Crippen molar-refractivity contribution in [2.45, 2.75) is 4.90 Å². The lowest BCUT2D eigenvalue weighted by Gasteiger charge is -2.34. The van der Waals surface area contributed by atoms with E-state index in [1.54, 1.807) is 30.5 Å². The summed E-state index contributed by atoms with van der Waals surface area (Å²) in [6.45, 7) is 4.21. The third-order valence-corrected chi connectivity index (χ3v) is 7.09. The second-order valence-corrected chi connectivity index (χ2v) is 10.4. The number of anilines is 3. The van der Waals surface area contributed by atoms with E-state index in [1.807, 2.05) is 29.0 Å². The van der Waals surface area contributed by atoms with Crippen LogP contribution < -0.4 is 10.2 Å². The number of piperazine rings is 1. The maximum atomic E-state index is 11.7. The fourth-order valence-electron chi connectivity index (χ4n) is 3.99. The summed E-state index contributed by atoms with van der Waals surface area (Å²) in [5.74, 6) is 0.502. The predicted molar refractivity (Wildman–Crippen MR) is 131 cm³/mol. The molecule has 0 spiro atoms. The first-order chi connectivity index (χ1) is 15.9. The van der Waals surface area contributed by atoms with Crippen molar-refractivity contribution in [3.05, 3.63) is 67.0 Å². The summed E-state index contributed by atoms with van der Waals surface area (Å²) >= 11 is 0. The Morgan fingerprint density at radius 1 is 0.879 bits per heavy atom. The zero-order chi connectivity index (χ0) is 23.0. The summed E-state index contributed by atoms with van der Waals surface area (Å²) in [6, 6.07) is 17.1. The van der Waals surface area contributed by atoms with Crippen molar-refractivity contribution in [1.29, 1.82) is 0 Å².